The molecule has 2 rings (SSSR count). The highest BCUT2D eigenvalue weighted by molar-refractivity contribution is 9.10. The molecule has 0 aliphatic carbocycles. The van der Waals surface area contributed by atoms with Gasteiger partial charge in [0, 0.05) is 0 Å². The van der Waals surface area contributed by atoms with Gasteiger partial charge in [0.1, 0.15) is 5.76 Å². The van der Waals surface area contributed by atoms with Crippen molar-refractivity contribution in [3.8, 4) is 22.8 Å². The van der Waals surface area contributed by atoms with Crippen LogP contribution in [0.1, 0.15) is 0 Å². The molecule has 0 radical (unpaired) electrons. The van der Waals surface area contributed by atoms with Crippen LogP contribution in [0.3, 0.4) is 0 Å². The Balaban J connectivity index is 2.68. The first-order chi connectivity index (χ1) is 8.19. The molecule has 2 aromatic rings. The van der Waals surface area contributed by atoms with Crippen molar-refractivity contribution in [1.82, 2.24) is 0 Å². The average molecular weight is 301 g/mol. The molecule has 0 atom stereocenters. The van der Waals surface area contributed by atoms with Crippen LogP contribution >= 0.6 is 15.9 Å². The summed E-state index contributed by atoms with van der Waals surface area (Å²) >= 11 is 3.24. The molecule has 0 unspecified atom stereocenters. The van der Waals surface area contributed by atoms with Crippen molar-refractivity contribution in [2.75, 3.05) is 14.2 Å². The molecule has 0 saturated carbocycles. The van der Waals surface area contributed by atoms with E-state index in [1.54, 1.807) is 18.2 Å². The molecule has 90 valence electrons. The SMILES string of the molecule is COc1c(Br)cc(-c2ccco2)c(OC)c1F. The first-order valence-electron chi connectivity index (χ1n) is 4.83. The summed E-state index contributed by atoms with van der Waals surface area (Å²) in [6.07, 6.45) is 1.52. The Kier molecular flexibility index (Phi) is 3.38. The van der Waals surface area contributed by atoms with Crippen LogP contribution in [0.4, 0.5) is 4.39 Å². The second kappa shape index (κ2) is 4.79. The number of halogens is 2. The molecule has 1 aromatic heterocycles. The van der Waals surface area contributed by atoms with Gasteiger partial charge in [-0.05, 0) is 34.1 Å². The van der Waals surface area contributed by atoms with Gasteiger partial charge < -0.3 is 13.9 Å². The summed E-state index contributed by atoms with van der Waals surface area (Å²) in [5, 5.41) is 0. The van der Waals surface area contributed by atoms with Gasteiger partial charge in [-0.1, -0.05) is 0 Å². The van der Waals surface area contributed by atoms with E-state index in [1.807, 2.05) is 0 Å². The second-order valence-electron chi connectivity index (χ2n) is 3.26. The summed E-state index contributed by atoms with van der Waals surface area (Å²) in [6, 6.07) is 5.15. The number of rotatable bonds is 3. The maximum Gasteiger partial charge on any atom is 0.208 e. The highest BCUT2D eigenvalue weighted by Gasteiger charge is 2.20. The van der Waals surface area contributed by atoms with Gasteiger partial charge in [0.05, 0.1) is 30.5 Å². The molecule has 0 saturated heterocycles. The van der Waals surface area contributed by atoms with Crippen LogP contribution in [0.5, 0.6) is 11.5 Å². The second-order valence-corrected chi connectivity index (χ2v) is 4.12. The average Bonchev–Trinajstić information content (AvgIpc) is 2.82. The van der Waals surface area contributed by atoms with Crippen molar-refractivity contribution in [3.05, 3.63) is 34.8 Å². The fourth-order valence-electron chi connectivity index (χ4n) is 1.59. The molecule has 0 bridgehead atoms. The standard InChI is InChI=1S/C12H10BrFO3/c1-15-11-7(9-4-3-5-17-9)6-8(13)12(16-2)10(11)14/h3-6H,1-2H3. The van der Waals surface area contributed by atoms with Crippen molar-refractivity contribution < 1.29 is 18.3 Å². The minimum atomic E-state index is -0.559. The van der Waals surface area contributed by atoms with Crippen LogP contribution in [-0.2, 0) is 0 Å². The summed E-state index contributed by atoms with van der Waals surface area (Å²) < 4.78 is 29.8. The summed E-state index contributed by atoms with van der Waals surface area (Å²) in [4.78, 5) is 0. The predicted molar refractivity (Wildman–Crippen MR) is 64.9 cm³/mol. The van der Waals surface area contributed by atoms with Crippen molar-refractivity contribution in [2.45, 2.75) is 0 Å². The van der Waals surface area contributed by atoms with Crippen molar-refractivity contribution in [1.29, 1.82) is 0 Å². The predicted octanol–water partition coefficient (Wildman–Crippen LogP) is 3.87. The van der Waals surface area contributed by atoms with Gasteiger partial charge in [-0.3, -0.25) is 0 Å². The van der Waals surface area contributed by atoms with E-state index in [4.69, 9.17) is 13.9 Å². The molecule has 5 heteroatoms. The van der Waals surface area contributed by atoms with Crippen LogP contribution in [0, 0.1) is 5.82 Å². The number of hydrogen-bond donors (Lipinski definition) is 0. The third-order valence-corrected chi connectivity index (χ3v) is 2.92. The van der Waals surface area contributed by atoms with E-state index in [9.17, 15) is 4.39 Å². The topological polar surface area (TPSA) is 31.6 Å². The zero-order chi connectivity index (χ0) is 12.4. The van der Waals surface area contributed by atoms with Gasteiger partial charge in [0.2, 0.25) is 5.82 Å². The van der Waals surface area contributed by atoms with Gasteiger partial charge in [-0.2, -0.15) is 4.39 Å². The molecule has 3 nitrogen and oxygen atoms in total. The fraction of sp³-hybridized carbons (Fsp3) is 0.167. The lowest BCUT2D eigenvalue weighted by Crippen LogP contribution is -1.97. The lowest BCUT2D eigenvalue weighted by molar-refractivity contribution is 0.349. The first-order valence-corrected chi connectivity index (χ1v) is 5.62. The van der Waals surface area contributed by atoms with E-state index >= 15 is 0 Å². The lowest BCUT2D eigenvalue weighted by Gasteiger charge is -2.12. The van der Waals surface area contributed by atoms with Crippen LogP contribution in [0.15, 0.2) is 33.4 Å². The molecular formula is C12H10BrFO3. The third-order valence-electron chi connectivity index (χ3n) is 2.33. The zero-order valence-electron chi connectivity index (χ0n) is 9.29. The van der Waals surface area contributed by atoms with Gasteiger partial charge >= 0.3 is 0 Å². The summed E-state index contributed by atoms with van der Waals surface area (Å²) in [6.45, 7) is 0. The Bertz CT molecular complexity index is 523. The number of methoxy groups -OCH3 is 2. The van der Waals surface area contributed by atoms with E-state index in [2.05, 4.69) is 15.9 Å². The lowest BCUT2D eigenvalue weighted by atomic mass is 10.1. The molecule has 0 aliphatic rings. The molecule has 0 amide bonds. The minimum Gasteiger partial charge on any atom is -0.493 e. The minimum absolute atomic E-state index is 0.0972. The molecular weight excluding hydrogens is 291 g/mol. The molecule has 1 heterocycles. The zero-order valence-corrected chi connectivity index (χ0v) is 10.9. The molecule has 1 aromatic carbocycles. The molecule has 0 N–H and O–H groups in total. The first kappa shape index (κ1) is 12.0. The molecule has 17 heavy (non-hydrogen) atoms. The van der Waals surface area contributed by atoms with Crippen LogP contribution in [-0.4, -0.2) is 14.2 Å². The number of furan rings is 1. The maximum absolute atomic E-state index is 14.1. The molecule has 0 aliphatic heterocycles. The Hall–Kier alpha value is -1.49. The van der Waals surface area contributed by atoms with Crippen molar-refractivity contribution >= 4 is 15.9 Å². The smallest absolute Gasteiger partial charge is 0.208 e. The van der Waals surface area contributed by atoms with Gasteiger partial charge in [-0.25, -0.2) is 0 Å². The van der Waals surface area contributed by atoms with Crippen LogP contribution < -0.4 is 9.47 Å². The van der Waals surface area contributed by atoms with Crippen LogP contribution in [0.2, 0.25) is 0 Å². The fourth-order valence-corrected chi connectivity index (χ4v) is 2.15. The normalized spacial score (nSPS) is 10.4. The number of benzene rings is 1. The Morgan fingerprint density at radius 1 is 1.24 bits per heavy atom. The Morgan fingerprint density at radius 3 is 2.47 bits per heavy atom. The Labute approximate surface area is 106 Å². The highest BCUT2D eigenvalue weighted by Crippen LogP contribution is 2.41. The largest absolute Gasteiger partial charge is 0.493 e. The van der Waals surface area contributed by atoms with E-state index in [0.717, 1.165) is 0 Å². The quantitative estimate of drug-likeness (QED) is 0.862. The van der Waals surface area contributed by atoms with Crippen molar-refractivity contribution in [3.63, 3.8) is 0 Å². The monoisotopic (exact) mass is 300 g/mol. The summed E-state index contributed by atoms with van der Waals surface area (Å²) in [5.41, 5.74) is 0.530. The molecule has 0 spiro atoms. The van der Waals surface area contributed by atoms with E-state index in [1.165, 1.54) is 20.5 Å². The number of hydrogen-bond acceptors (Lipinski definition) is 3. The third kappa shape index (κ3) is 2.02. The van der Waals surface area contributed by atoms with Gasteiger partial charge in [-0.15, -0.1) is 0 Å². The maximum atomic E-state index is 14.1. The van der Waals surface area contributed by atoms with E-state index < -0.39 is 5.82 Å². The van der Waals surface area contributed by atoms with E-state index in [-0.39, 0.29) is 11.5 Å². The van der Waals surface area contributed by atoms with Gasteiger partial charge in [0.15, 0.2) is 11.5 Å². The molecule has 0 fully saturated rings. The summed E-state index contributed by atoms with van der Waals surface area (Å²) in [5.74, 6) is 0.178. The number of ether oxygens (including phenoxy) is 2. The van der Waals surface area contributed by atoms with E-state index in [0.29, 0.717) is 15.8 Å². The summed E-state index contributed by atoms with van der Waals surface area (Å²) in [7, 11) is 2.80. The van der Waals surface area contributed by atoms with Crippen LogP contribution in [0.25, 0.3) is 11.3 Å². The van der Waals surface area contributed by atoms with Gasteiger partial charge in [0.25, 0.3) is 0 Å². The Morgan fingerprint density at radius 2 is 1.94 bits per heavy atom. The van der Waals surface area contributed by atoms with Crippen molar-refractivity contribution in [2.24, 2.45) is 0 Å². The highest BCUT2D eigenvalue weighted by atomic mass is 79.9.